The Hall–Kier alpha value is -1.95. The van der Waals surface area contributed by atoms with Crippen LogP contribution < -0.4 is 11.1 Å². The highest BCUT2D eigenvalue weighted by molar-refractivity contribution is 5.95. The van der Waals surface area contributed by atoms with Crippen LogP contribution in [0.4, 0.5) is 0 Å². The maximum Gasteiger partial charge on any atom is 0.270 e. The standard InChI is InChI=1S/C16H23N3O3/c1-4-16(5-2)12(8-13(16)22-3)19-15(21)11-7-6-10(9-18-11)14(17)20/h6-7,9,12-13H,4-5,8H2,1-3H3,(H2,17,20)(H,19,21). The Balaban J connectivity index is 2.07. The Labute approximate surface area is 130 Å². The number of aromatic nitrogens is 1. The number of nitrogens with two attached hydrogens (primary N) is 1. The van der Waals surface area contributed by atoms with Crippen molar-refractivity contribution in [3.05, 3.63) is 29.6 Å². The summed E-state index contributed by atoms with van der Waals surface area (Å²) in [4.78, 5) is 27.3. The number of carbonyl (C=O) groups excluding carboxylic acids is 2. The first-order valence-electron chi connectivity index (χ1n) is 7.58. The molecule has 0 radical (unpaired) electrons. The zero-order chi connectivity index (χ0) is 16.3. The number of primary amides is 1. The van der Waals surface area contributed by atoms with Gasteiger partial charge in [-0.05, 0) is 31.4 Å². The molecule has 6 heteroatoms. The van der Waals surface area contributed by atoms with Gasteiger partial charge in [-0.15, -0.1) is 0 Å². The second kappa shape index (κ2) is 6.44. The zero-order valence-corrected chi connectivity index (χ0v) is 13.3. The summed E-state index contributed by atoms with van der Waals surface area (Å²) in [5.74, 6) is -0.792. The van der Waals surface area contributed by atoms with E-state index >= 15 is 0 Å². The first kappa shape index (κ1) is 16.4. The summed E-state index contributed by atoms with van der Waals surface area (Å²) in [6.07, 6.45) is 4.20. The lowest BCUT2D eigenvalue weighted by atomic mass is 9.58. The van der Waals surface area contributed by atoms with Crippen LogP contribution in [0.25, 0.3) is 0 Å². The molecule has 0 spiro atoms. The maximum absolute atomic E-state index is 12.3. The highest BCUT2D eigenvalue weighted by atomic mass is 16.5. The van der Waals surface area contributed by atoms with Crippen molar-refractivity contribution in [2.24, 2.45) is 11.1 Å². The third-order valence-electron chi connectivity index (χ3n) is 4.97. The van der Waals surface area contributed by atoms with Crippen LogP contribution in [0, 0.1) is 5.41 Å². The minimum absolute atomic E-state index is 0.0163. The lowest BCUT2D eigenvalue weighted by Gasteiger charge is -2.55. The molecular formula is C16H23N3O3. The molecule has 1 fully saturated rings. The second-order valence-electron chi connectivity index (χ2n) is 5.72. The number of ether oxygens (including phenoxy) is 1. The number of rotatable bonds is 6. The Morgan fingerprint density at radius 1 is 1.41 bits per heavy atom. The van der Waals surface area contributed by atoms with Crippen molar-refractivity contribution in [2.75, 3.05) is 7.11 Å². The topological polar surface area (TPSA) is 94.3 Å². The lowest BCUT2D eigenvalue weighted by molar-refractivity contribution is -0.120. The average Bonchev–Trinajstić information content (AvgIpc) is 2.52. The fourth-order valence-corrected chi connectivity index (χ4v) is 3.39. The average molecular weight is 305 g/mol. The molecule has 1 heterocycles. The van der Waals surface area contributed by atoms with Crippen molar-refractivity contribution in [1.82, 2.24) is 10.3 Å². The van der Waals surface area contributed by atoms with Crippen LogP contribution in [0.1, 0.15) is 54.0 Å². The van der Waals surface area contributed by atoms with Crippen molar-refractivity contribution in [3.63, 3.8) is 0 Å². The highest BCUT2D eigenvalue weighted by Crippen LogP contribution is 2.48. The number of pyridine rings is 1. The molecule has 0 saturated heterocycles. The number of hydrogen-bond donors (Lipinski definition) is 2. The van der Waals surface area contributed by atoms with E-state index in [1.54, 1.807) is 7.11 Å². The van der Waals surface area contributed by atoms with E-state index in [1.165, 1.54) is 18.3 Å². The van der Waals surface area contributed by atoms with Crippen LogP contribution in [0.5, 0.6) is 0 Å². The molecule has 6 nitrogen and oxygen atoms in total. The third-order valence-corrected chi connectivity index (χ3v) is 4.97. The fourth-order valence-electron chi connectivity index (χ4n) is 3.39. The molecule has 1 aromatic heterocycles. The van der Waals surface area contributed by atoms with Gasteiger partial charge in [-0.1, -0.05) is 13.8 Å². The fraction of sp³-hybridized carbons (Fsp3) is 0.562. The summed E-state index contributed by atoms with van der Waals surface area (Å²) in [5, 5.41) is 3.04. The minimum Gasteiger partial charge on any atom is -0.381 e. The first-order valence-corrected chi connectivity index (χ1v) is 7.58. The number of nitrogens with zero attached hydrogens (tertiary/aromatic N) is 1. The molecule has 2 amide bonds. The molecule has 1 aromatic rings. The van der Waals surface area contributed by atoms with Gasteiger partial charge in [-0.3, -0.25) is 14.6 Å². The molecule has 0 bridgehead atoms. The van der Waals surface area contributed by atoms with Gasteiger partial charge in [0.1, 0.15) is 5.69 Å². The summed E-state index contributed by atoms with van der Waals surface area (Å²) in [6, 6.07) is 3.11. The molecule has 2 rings (SSSR count). The first-order chi connectivity index (χ1) is 10.5. The molecule has 2 unspecified atom stereocenters. The molecular weight excluding hydrogens is 282 g/mol. The summed E-state index contributed by atoms with van der Waals surface area (Å²) >= 11 is 0. The van der Waals surface area contributed by atoms with Crippen LogP contribution in [-0.4, -0.2) is 36.1 Å². The van der Waals surface area contributed by atoms with Crippen LogP contribution in [0.2, 0.25) is 0 Å². The summed E-state index contributed by atoms with van der Waals surface area (Å²) in [7, 11) is 1.72. The molecule has 1 aliphatic rings. The Morgan fingerprint density at radius 2 is 2.09 bits per heavy atom. The molecule has 0 aromatic carbocycles. The monoisotopic (exact) mass is 305 g/mol. The van der Waals surface area contributed by atoms with Crippen molar-refractivity contribution in [1.29, 1.82) is 0 Å². The quantitative estimate of drug-likeness (QED) is 0.832. The van der Waals surface area contributed by atoms with Crippen LogP contribution in [0.3, 0.4) is 0 Å². The third kappa shape index (κ3) is 2.70. The Bertz CT molecular complexity index is 552. The number of nitrogens with one attached hydrogen (secondary N) is 1. The highest BCUT2D eigenvalue weighted by Gasteiger charge is 2.53. The normalized spacial score (nSPS) is 22.7. The largest absolute Gasteiger partial charge is 0.381 e. The minimum atomic E-state index is -0.558. The van der Waals surface area contributed by atoms with E-state index in [1.807, 2.05) is 0 Å². The maximum atomic E-state index is 12.3. The number of hydrogen-bond acceptors (Lipinski definition) is 4. The van der Waals surface area contributed by atoms with E-state index in [-0.39, 0.29) is 34.7 Å². The van der Waals surface area contributed by atoms with Crippen molar-refractivity contribution < 1.29 is 14.3 Å². The number of carbonyl (C=O) groups is 2. The van der Waals surface area contributed by atoms with Gasteiger partial charge in [-0.2, -0.15) is 0 Å². The van der Waals surface area contributed by atoms with E-state index in [4.69, 9.17) is 10.5 Å². The molecule has 22 heavy (non-hydrogen) atoms. The molecule has 0 aliphatic heterocycles. The van der Waals surface area contributed by atoms with E-state index in [2.05, 4.69) is 24.1 Å². The van der Waals surface area contributed by atoms with Gasteiger partial charge in [-0.25, -0.2) is 0 Å². The lowest BCUT2D eigenvalue weighted by Crippen LogP contribution is -2.64. The van der Waals surface area contributed by atoms with Crippen LogP contribution >= 0.6 is 0 Å². The number of methoxy groups -OCH3 is 1. The second-order valence-corrected chi connectivity index (χ2v) is 5.72. The molecule has 2 atom stereocenters. The Morgan fingerprint density at radius 3 is 2.55 bits per heavy atom. The summed E-state index contributed by atoms with van der Waals surface area (Å²) < 4.78 is 5.53. The predicted molar refractivity (Wildman–Crippen MR) is 82.4 cm³/mol. The molecule has 120 valence electrons. The van der Waals surface area contributed by atoms with Gasteiger partial charge in [0.05, 0.1) is 11.7 Å². The van der Waals surface area contributed by atoms with Gasteiger partial charge in [0.25, 0.3) is 5.91 Å². The van der Waals surface area contributed by atoms with Crippen LogP contribution in [-0.2, 0) is 4.74 Å². The van der Waals surface area contributed by atoms with Crippen molar-refractivity contribution in [2.45, 2.75) is 45.3 Å². The van der Waals surface area contributed by atoms with E-state index in [9.17, 15) is 9.59 Å². The van der Waals surface area contributed by atoms with Crippen molar-refractivity contribution in [3.8, 4) is 0 Å². The van der Waals surface area contributed by atoms with E-state index in [0.717, 1.165) is 19.3 Å². The van der Waals surface area contributed by atoms with E-state index in [0.29, 0.717) is 0 Å². The SMILES string of the molecule is CCC1(CC)C(NC(=O)c2ccc(C(N)=O)cn2)CC1OC. The number of amides is 2. The van der Waals surface area contributed by atoms with Crippen molar-refractivity contribution >= 4 is 11.8 Å². The Kier molecular flexibility index (Phi) is 4.81. The van der Waals surface area contributed by atoms with Gasteiger partial charge in [0.2, 0.25) is 5.91 Å². The van der Waals surface area contributed by atoms with Gasteiger partial charge < -0.3 is 15.8 Å². The molecule has 1 aliphatic carbocycles. The van der Waals surface area contributed by atoms with Gasteiger partial charge in [0.15, 0.2) is 0 Å². The predicted octanol–water partition coefficient (Wildman–Crippen LogP) is 1.50. The van der Waals surface area contributed by atoms with E-state index < -0.39 is 5.91 Å². The van der Waals surface area contributed by atoms with Gasteiger partial charge >= 0.3 is 0 Å². The molecule has 1 saturated carbocycles. The van der Waals surface area contributed by atoms with Gasteiger partial charge in [0, 0.05) is 24.8 Å². The summed E-state index contributed by atoms with van der Waals surface area (Å²) in [5.41, 5.74) is 5.72. The van der Waals surface area contributed by atoms with Crippen LogP contribution in [0.15, 0.2) is 18.3 Å². The smallest absolute Gasteiger partial charge is 0.270 e. The summed E-state index contributed by atoms with van der Waals surface area (Å²) in [6.45, 7) is 4.24. The zero-order valence-electron chi connectivity index (χ0n) is 13.3. The molecule has 3 N–H and O–H groups in total.